The van der Waals surface area contributed by atoms with Gasteiger partial charge in [0, 0.05) is 31.1 Å². The number of fused-ring (bicyclic) bond motifs is 1. The molecule has 2 aliphatic rings. The van der Waals surface area contributed by atoms with Crippen molar-refractivity contribution in [2.75, 3.05) is 6.61 Å². The molecule has 25 heavy (non-hydrogen) atoms. The van der Waals surface area contributed by atoms with Gasteiger partial charge in [-0.15, -0.1) is 0 Å². The van der Waals surface area contributed by atoms with Crippen LogP contribution < -0.4 is 40.0 Å². The third kappa shape index (κ3) is 4.09. The van der Waals surface area contributed by atoms with Gasteiger partial charge in [0.2, 0.25) is 0 Å². The first-order chi connectivity index (χ1) is 11.6. The van der Waals surface area contributed by atoms with Crippen molar-refractivity contribution in [2.24, 2.45) is 5.92 Å². The van der Waals surface area contributed by atoms with Crippen molar-refractivity contribution in [1.29, 1.82) is 0 Å². The van der Waals surface area contributed by atoms with Gasteiger partial charge in [-0.2, -0.15) is 0 Å². The fraction of sp³-hybridized carbons (Fsp3) is 0.450. The van der Waals surface area contributed by atoms with E-state index in [4.69, 9.17) is 4.74 Å². The smallest absolute Gasteiger partial charge is 0.550 e. The number of benzene rings is 2. The molecule has 5 heteroatoms. The van der Waals surface area contributed by atoms with Crippen LogP contribution in [-0.4, -0.2) is 24.2 Å². The third-order valence-corrected chi connectivity index (χ3v) is 5.47. The van der Waals surface area contributed by atoms with Crippen molar-refractivity contribution >= 4 is 16.7 Å². The van der Waals surface area contributed by atoms with Crippen LogP contribution in [0.4, 0.5) is 0 Å². The van der Waals surface area contributed by atoms with Gasteiger partial charge in [-0.25, -0.2) is 0 Å². The van der Waals surface area contributed by atoms with E-state index in [1.807, 2.05) is 0 Å². The summed E-state index contributed by atoms with van der Waals surface area (Å²) in [5, 5.41) is 17.1. The number of carbonyl (C=O) groups excluding carboxylic acids is 1. The second kappa shape index (κ2) is 7.77. The zero-order valence-corrected chi connectivity index (χ0v) is 16.7. The fourth-order valence-electron chi connectivity index (χ4n) is 4.10. The van der Waals surface area contributed by atoms with Crippen molar-refractivity contribution in [2.45, 2.75) is 43.9 Å². The van der Waals surface area contributed by atoms with Crippen molar-refractivity contribution in [3.63, 3.8) is 0 Å². The number of aliphatic carboxylic acids is 1. The minimum Gasteiger partial charge on any atom is -0.550 e. The molecule has 4 nitrogen and oxygen atoms in total. The number of carbonyl (C=O) groups is 1. The average molecular weight is 347 g/mol. The molecule has 126 valence electrons. The maximum Gasteiger partial charge on any atom is 1.00 e. The normalized spacial score (nSPS) is 28.3. The Kier molecular flexibility index (Phi) is 5.86. The van der Waals surface area contributed by atoms with Crippen LogP contribution in [-0.2, 0) is 16.1 Å². The number of carboxylic acid groups (broad SMARTS) is 1. The van der Waals surface area contributed by atoms with E-state index >= 15 is 0 Å². The molecule has 1 N–H and O–H groups in total. The van der Waals surface area contributed by atoms with Gasteiger partial charge in [-0.1, -0.05) is 36.4 Å². The monoisotopic (exact) mass is 347 g/mol. The summed E-state index contributed by atoms with van der Waals surface area (Å²) in [6.07, 6.45) is 3.07. The summed E-state index contributed by atoms with van der Waals surface area (Å²) < 4.78 is 5.89. The zero-order chi connectivity index (χ0) is 16.6. The van der Waals surface area contributed by atoms with Crippen LogP contribution in [0, 0.1) is 5.92 Å². The maximum absolute atomic E-state index is 10.9. The third-order valence-electron chi connectivity index (χ3n) is 5.47. The predicted octanol–water partition coefficient (Wildman–Crippen LogP) is -0.989. The summed E-state index contributed by atoms with van der Waals surface area (Å²) in [4.78, 5) is 10.9. The quantitative estimate of drug-likeness (QED) is 0.722. The Hall–Kier alpha value is -0.910. The fourth-order valence-corrected chi connectivity index (χ4v) is 4.10. The molecule has 1 unspecified atom stereocenters. The van der Waals surface area contributed by atoms with Crippen LogP contribution in [0.1, 0.15) is 31.2 Å². The van der Waals surface area contributed by atoms with Gasteiger partial charge < -0.3 is 20.0 Å². The molecule has 2 aromatic carbocycles. The van der Waals surface area contributed by atoms with Gasteiger partial charge in [0.05, 0.1) is 5.60 Å². The second-order valence-corrected chi connectivity index (χ2v) is 7.21. The summed E-state index contributed by atoms with van der Waals surface area (Å²) in [5.74, 6) is -1.26. The van der Waals surface area contributed by atoms with Crippen LogP contribution >= 0.6 is 0 Å². The molecular weight excluding hydrogens is 325 g/mol. The van der Waals surface area contributed by atoms with E-state index in [0.717, 1.165) is 19.4 Å². The molecule has 0 aromatic heterocycles. The number of hydrogen-bond acceptors (Lipinski definition) is 4. The van der Waals surface area contributed by atoms with Gasteiger partial charge in [0.15, 0.2) is 0 Å². The number of ether oxygens (including phenoxy) is 1. The Balaban J connectivity index is 0.00000182. The molecule has 1 saturated carbocycles. The molecule has 0 radical (unpaired) electrons. The molecule has 2 fully saturated rings. The molecule has 1 spiro atoms. The van der Waals surface area contributed by atoms with E-state index in [1.165, 1.54) is 16.3 Å². The minimum absolute atomic E-state index is 0. The van der Waals surface area contributed by atoms with E-state index in [9.17, 15) is 9.90 Å². The molecule has 0 amide bonds. The van der Waals surface area contributed by atoms with E-state index in [1.54, 1.807) is 0 Å². The van der Waals surface area contributed by atoms with E-state index in [-0.39, 0.29) is 41.1 Å². The van der Waals surface area contributed by atoms with Crippen LogP contribution in [0.5, 0.6) is 0 Å². The van der Waals surface area contributed by atoms with E-state index < -0.39 is 5.97 Å². The second-order valence-electron chi connectivity index (χ2n) is 7.21. The van der Waals surface area contributed by atoms with Gasteiger partial charge in [-0.3, -0.25) is 0 Å². The summed E-state index contributed by atoms with van der Waals surface area (Å²) >= 11 is 0. The van der Waals surface area contributed by atoms with Crippen molar-refractivity contribution in [3.8, 4) is 0 Å². The Morgan fingerprint density at radius 3 is 2.68 bits per heavy atom. The molecule has 1 aliphatic carbocycles. The van der Waals surface area contributed by atoms with Crippen molar-refractivity contribution in [1.82, 2.24) is 5.32 Å². The van der Waals surface area contributed by atoms with Gasteiger partial charge >= 0.3 is 29.6 Å². The summed E-state index contributed by atoms with van der Waals surface area (Å²) in [6, 6.07) is 15.3. The molecule has 1 aliphatic heterocycles. The van der Waals surface area contributed by atoms with Gasteiger partial charge in [-0.05, 0) is 48.1 Å². The first-order valence-corrected chi connectivity index (χ1v) is 8.69. The predicted molar refractivity (Wildman–Crippen MR) is 90.2 cm³/mol. The summed E-state index contributed by atoms with van der Waals surface area (Å²) in [7, 11) is 0. The first kappa shape index (κ1) is 18.9. The molecule has 2 aromatic rings. The molecule has 1 heterocycles. The summed E-state index contributed by atoms with van der Waals surface area (Å²) in [6.45, 7) is 1.53. The number of carboxylic acids is 1. The van der Waals surface area contributed by atoms with Crippen LogP contribution in [0.15, 0.2) is 42.5 Å². The van der Waals surface area contributed by atoms with Crippen molar-refractivity contribution < 1.29 is 44.2 Å². The largest absolute Gasteiger partial charge is 1.00 e. The molecule has 4 rings (SSSR count). The van der Waals surface area contributed by atoms with Gasteiger partial charge in [0.25, 0.3) is 0 Å². The average Bonchev–Trinajstić information content (AvgIpc) is 2.57. The molecule has 0 bridgehead atoms. The Morgan fingerprint density at radius 2 is 1.92 bits per heavy atom. The Bertz CT molecular complexity index is 757. The maximum atomic E-state index is 10.9. The minimum atomic E-state index is -0.935. The summed E-state index contributed by atoms with van der Waals surface area (Å²) in [5.41, 5.74) is 1.04. The first-order valence-electron chi connectivity index (χ1n) is 8.69. The molecular formula is C20H22NNaO3. The van der Waals surface area contributed by atoms with Gasteiger partial charge in [0.1, 0.15) is 0 Å². The number of hydrogen-bond donors (Lipinski definition) is 1. The van der Waals surface area contributed by atoms with Crippen LogP contribution in [0.25, 0.3) is 10.8 Å². The standard InChI is InChI=1S/C20H23NO3.Na/c22-19(23)17-10-20(11-17)12-18(7-8-24-20)21-13-14-5-6-15-3-1-2-4-16(15)9-14;/h1-6,9,17-18,21H,7-8,10-13H2,(H,22,23);/q;+1/p-1. The Labute approximate surface area is 170 Å². The van der Waals surface area contributed by atoms with Crippen molar-refractivity contribution in [3.05, 3.63) is 48.0 Å². The zero-order valence-electron chi connectivity index (χ0n) is 14.7. The Morgan fingerprint density at radius 1 is 1.16 bits per heavy atom. The molecule has 1 saturated heterocycles. The van der Waals surface area contributed by atoms with Crippen LogP contribution in [0.2, 0.25) is 0 Å². The molecule has 1 atom stereocenters. The van der Waals surface area contributed by atoms with E-state index in [0.29, 0.717) is 25.5 Å². The SMILES string of the molecule is O=C([O-])C1CC2(CC(NCc3ccc4ccccc4c3)CCO2)C1.[Na+]. The topological polar surface area (TPSA) is 61.4 Å². The van der Waals surface area contributed by atoms with E-state index in [2.05, 4.69) is 47.8 Å². The number of rotatable bonds is 4. The van der Waals surface area contributed by atoms with Crippen LogP contribution in [0.3, 0.4) is 0 Å². The number of nitrogens with one attached hydrogen (secondary N) is 1.